The van der Waals surface area contributed by atoms with Gasteiger partial charge < -0.3 is 4.74 Å². The van der Waals surface area contributed by atoms with E-state index < -0.39 is 22.5 Å². The molecule has 1 aromatic carbocycles. The zero-order valence-electron chi connectivity index (χ0n) is 16.2. The van der Waals surface area contributed by atoms with Crippen molar-refractivity contribution in [1.29, 1.82) is 0 Å². The van der Waals surface area contributed by atoms with Crippen LogP contribution in [0.2, 0.25) is 0 Å². The van der Waals surface area contributed by atoms with Crippen LogP contribution in [0.15, 0.2) is 28.6 Å². The number of sulfonamides is 1. The SMILES string of the molecule is CCOc1ccccc1N(CC(=O)Nc1nnc(SCC(C)C)s1)S(C)(=O)=O. The van der Waals surface area contributed by atoms with E-state index in [9.17, 15) is 13.2 Å². The molecule has 1 heterocycles. The van der Waals surface area contributed by atoms with Crippen LogP contribution in [0.1, 0.15) is 20.8 Å². The maximum absolute atomic E-state index is 12.5. The molecule has 0 aliphatic heterocycles. The number of aromatic nitrogens is 2. The molecule has 0 spiro atoms. The number of benzene rings is 1. The molecule has 0 radical (unpaired) electrons. The molecular formula is C17H24N4O4S3. The lowest BCUT2D eigenvalue weighted by atomic mass is 10.3. The number of ether oxygens (including phenoxy) is 1. The molecule has 1 amide bonds. The van der Waals surface area contributed by atoms with Crippen molar-refractivity contribution in [2.45, 2.75) is 25.1 Å². The van der Waals surface area contributed by atoms with Gasteiger partial charge in [-0.15, -0.1) is 10.2 Å². The largest absolute Gasteiger partial charge is 0.492 e. The highest BCUT2D eigenvalue weighted by atomic mass is 32.2. The summed E-state index contributed by atoms with van der Waals surface area (Å²) in [5.74, 6) is 1.30. The Bertz CT molecular complexity index is 899. The molecule has 1 aromatic heterocycles. The Labute approximate surface area is 173 Å². The second kappa shape index (κ2) is 10.1. The van der Waals surface area contributed by atoms with Crippen LogP contribution < -0.4 is 14.4 Å². The summed E-state index contributed by atoms with van der Waals surface area (Å²) in [5.41, 5.74) is 0.312. The summed E-state index contributed by atoms with van der Waals surface area (Å²) in [7, 11) is -3.70. The van der Waals surface area contributed by atoms with Gasteiger partial charge in [-0.2, -0.15) is 0 Å². The van der Waals surface area contributed by atoms with Gasteiger partial charge in [0.1, 0.15) is 12.3 Å². The fourth-order valence-electron chi connectivity index (χ4n) is 2.17. The molecule has 2 aromatic rings. The number of carbonyl (C=O) groups is 1. The van der Waals surface area contributed by atoms with E-state index in [2.05, 4.69) is 29.4 Å². The number of anilines is 2. The molecule has 0 saturated carbocycles. The molecular weight excluding hydrogens is 420 g/mol. The Morgan fingerprint density at radius 3 is 2.68 bits per heavy atom. The Kier molecular flexibility index (Phi) is 8.08. The first-order chi connectivity index (χ1) is 13.2. The van der Waals surface area contributed by atoms with Gasteiger partial charge in [0.15, 0.2) is 4.34 Å². The Hall–Kier alpha value is -1.85. The van der Waals surface area contributed by atoms with Crippen molar-refractivity contribution in [2.75, 3.05) is 34.8 Å². The van der Waals surface area contributed by atoms with Gasteiger partial charge in [0.25, 0.3) is 0 Å². The predicted molar refractivity (Wildman–Crippen MR) is 114 cm³/mol. The van der Waals surface area contributed by atoms with Crippen molar-refractivity contribution in [1.82, 2.24) is 10.2 Å². The second-order valence-corrected chi connectivity index (χ2v) is 10.4. The van der Waals surface area contributed by atoms with Crippen LogP contribution in [-0.4, -0.2) is 49.7 Å². The van der Waals surface area contributed by atoms with Crippen LogP contribution in [0.3, 0.4) is 0 Å². The zero-order chi connectivity index (χ0) is 20.7. The van der Waals surface area contributed by atoms with Crippen LogP contribution in [0.5, 0.6) is 5.75 Å². The lowest BCUT2D eigenvalue weighted by Gasteiger charge is -2.23. The van der Waals surface area contributed by atoms with Gasteiger partial charge in [0.05, 0.1) is 18.6 Å². The summed E-state index contributed by atoms with van der Waals surface area (Å²) in [5, 5.41) is 10.9. The normalized spacial score (nSPS) is 11.5. The van der Waals surface area contributed by atoms with Crippen LogP contribution in [0, 0.1) is 5.92 Å². The van der Waals surface area contributed by atoms with Gasteiger partial charge in [0, 0.05) is 5.75 Å². The van der Waals surface area contributed by atoms with E-state index in [4.69, 9.17) is 4.74 Å². The van der Waals surface area contributed by atoms with Crippen molar-refractivity contribution in [2.24, 2.45) is 5.92 Å². The molecule has 0 bridgehead atoms. The number of amides is 1. The summed E-state index contributed by atoms with van der Waals surface area (Å²) in [6, 6.07) is 6.70. The number of hydrogen-bond acceptors (Lipinski definition) is 8. The molecule has 0 aliphatic carbocycles. The number of nitrogens with zero attached hydrogens (tertiary/aromatic N) is 3. The number of para-hydroxylation sites is 2. The van der Waals surface area contributed by atoms with Crippen molar-refractivity contribution >= 4 is 49.8 Å². The summed E-state index contributed by atoms with van der Waals surface area (Å²) in [4.78, 5) is 12.5. The molecule has 0 unspecified atom stereocenters. The molecule has 0 saturated heterocycles. The third kappa shape index (κ3) is 6.64. The lowest BCUT2D eigenvalue weighted by Crippen LogP contribution is -2.37. The molecule has 11 heteroatoms. The molecule has 1 N–H and O–H groups in total. The molecule has 154 valence electrons. The van der Waals surface area contributed by atoms with Crippen LogP contribution in [0.4, 0.5) is 10.8 Å². The lowest BCUT2D eigenvalue weighted by molar-refractivity contribution is -0.114. The van der Waals surface area contributed by atoms with E-state index in [0.717, 1.165) is 20.7 Å². The first-order valence-electron chi connectivity index (χ1n) is 8.66. The number of rotatable bonds is 10. The number of carbonyl (C=O) groups excluding carboxylic acids is 1. The van der Waals surface area contributed by atoms with E-state index in [1.54, 1.807) is 43.0 Å². The first-order valence-corrected chi connectivity index (χ1v) is 12.3. The van der Waals surface area contributed by atoms with E-state index in [1.807, 2.05) is 0 Å². The maximum atomic E-state index is 12.5. The number of hydrogen-bond donors (Lipinski definition) is 1. The average molecular weight is 445 g/mol. The summed E-state index contributed by atoms with van der Waals surface area (Å²) in [6.45, 7) is 6.01. The highest BCUT2D eigenvalue weighted by Crippen LogP contribution is 2.30. The second-order valence-electron chi connectivity index (χ2n) is 6.30. The topological polar surface area (TPSA) is 101 Å². The highest BCUT2D eigenvalue weighted by Gasteiger charge is 2.24. The van der Waals surface area contributed by atoms with Gasteiger partial charge in [-0.3, -0.25) is 14.4 Å². The van der Waals surface area contributed by atoms with E-state index in [-0.39, 0.29) is 0 Å². The van der Waals surface area contributed by atoms with E-state index in [1.165, 1.54) is 11.3 Å². The van der Waals surface area contributed by atoms with E-state index in [0.29, 0.717) is 29.1 Å². The minimum absolute atomic E-state index is 0.312. The van der Waals surface area contributed by atoms with Gasteiger partial charge in [0.2, 0.25) is 21.1 Å². The first kappa shape index (κ1) is 22.4. The highest BCUT2D eigenvalue weighted by molar-refractivity contribution is 8.01. The fourth-order valence-corrected chi connectivity index (χ4v) is 4.77. The standard InChI is InChI=1S/C17H24N4O4S3/c1-5-25-14-9-7-6-8-13(14)21(28(4,23)24)10-15(22)18-16-19-20-17(27-16)26-11-12(2)3/h6-9,12H,5,10-11H2,1-4H3,(H,18,19,22). The summed E-state index contributed by atoms with van der Waals surface area (Å²) in [6.07, 6.45) is 1.05. The van der Waals surface area contributed by atoms with Crippen molar-refractivity contribution in [3.05, 3.63) is 24.3 Å². The van der Waals surface area contributed by atoms with Crippen molar-refractivity contribution in [3.63, 3.8) is 0 Å². The molecule has 2 rings (SSSR count). The Morgan fingerprint density at radius 1 is 1.32 bits per heavy atom. The molecule has 28 heavy (non-hydrogen) atoms. The third-order valence-corrected chi connectivity index (χ3v) is 6.84. The quantitative estimate of drug-likeness (QED) is 0.444. The van der Waals surface area contributed by atoms with Gasteiger partial charge in [-0.25, -0.2) is 8.42 Å². The third-order valence-electron chi connectivity index (χ3n) is 3.31. The molecule has 0 aliphatic rings. The zero-order valence-corrected chi connectivity index (χ0v) is 18.7. The fraction of sp³-hybridized carbons (Fsp3) is 0.471. The smallest absolute Gasteiger partial charge is 0.246 e. The number of nitrogens with one attached hydrogen (secondary N) is 1. The van der Waals surface area contributed by atoms with Crippen molar-refractivity contribution in [3.8, 4) is 5.75 Å². The van der Waals surface area contributed by atoms with Gasteiger partial charge in [-0.05, 0) is 25.0 Å². The average Bonchev–Trinajstić information content (AvgIpc) is 3.05. The molecule has 0 atom stereocenters. The summed E-state index contributed by atoms with van der Waals surface area (Å²) >= 11 is 2.83. The number of thioether (sulfide) groups is 1. The van der Waals surface area contributed by atoms with Crippen LogP contribution in [0.25, 0.3) is 0 Å². The minimum atomic E-state index is -3.70. The Morgan fingerprint density at radius 2 is 2.04 bits per heavy atom. The maximum Gasteiger partial charge on any atom is 0.246 e. The molecule has 8 nitrogen and oxygen atoms in total. The monoisotopic (exact) mass is 444 g/mol. The van der Waals surface area contributed by atoms with Gasteiger partial charge >= 0.3 is 0 Å². The van der Waals surface area contributed by atoms with E-state index >= 15 is 0 Å². The van der Waals surface area contributed by atoms with Crippen LogP contribution in [-0.2, 0) is 14.8 Å². The molecule has 0 fully saturated rings. The van der Waals surface area contributed by atoms with Crippen LogP contribution >= 0.6 is 23.1 Å². The summed E-state index contributed by atoms with van der Waals surface area (Å²) < 4.78 is 31.9. The minimum Gasteiger partial charge on any atom is -0.492 e. The van der Waals surface area contributed by atoms with Gasteiger partial charge in [-0.1, -0.05) is 49.1 Å². The Balaban J connectivity index is 2.12. The predicted octanol–water partition coefficient (Wildman–Crippen LogP) is 3.09. The van der Waals surface area contributed by atoms with Crippen molar-refractivity contribution < 1.29 is 17.9 Å².